The summed E-state index contributed by atoms with van der Waals surface area (Å²) in [5.41, 5.74) is 0. The van der Waals surface area contributed by atoms with Gasteiger partial charge < -0.3 is 4.90 Å². The van der Waals surface area contributed by atoms with Crippen LogP contribution in [0.3, 0.4) is 0 Å². The summed E-state index contributed by atoms with van der Waals surface area (Å²) in [4.78, 5) is 14.3. The molecule has 4 nitrogen and oxygen atoms in total. The van der Waals surface area contributed by atoms with E-state index in [4.69, 9.17) is 0 Å². The lowest BCUT2D eigenvalue weighted by atomic mass is 10.1. The highest BCUT2D eigenvalue weighted by molar-refractivity contribution is 7.84. The maximum atomic E-state index is 12.4. The Kier molecular flexibility index (Phi) is 7.00. The van der Waals surface area contributed by atoms with E-state index in [0.29, 0.717) is 24.0 Å². The first-order chi connectivity index (χ1) is 8.99. The van der Waals surface area contributed by atoms with Gasteiger partial charge >= 0.3 is 0 Å². The van der Waals surface area contributed by atoms with E-state index in [2.05, 4.69) is 26.1 Å². The zero-order chi connectivity index (χ0) is 14.4. The third-order valence-corrected chi connectivity index (χ3v) is 4.79. The molecule has 3 unspecified atom stereocenters. The number of rotatable bonds is 8. The van der Waals surface area contributed by atoms with Crippen molar-refractivity contribution < 1.29 is 9.00 Å². The van der Waals surface area contributed by atoms with Gasteiger partial charge in [0, 0.05) is 28.9 Å². The normalized spacial score (nSPS) is 25.3. The van der Waals surface area contributed by atoms with Gasteiger partial charge in [0.15, 0.2) is 0 Å². The summed E-state index contributed by atoms with van der Waals surface area (Å²) in [6, 6.07) is -0.0381. The third-order valence-electron chi connectivity index (χ3n) is 3.50. The van der Waals surface area contributed by atoms with Crippen molar-refractivity contribution in [1.29, 1.82) is 0 Å². The molecule has 0 aromatic rings. The molecule has 1 aliphatic rings. The van der Waals surface area contributed by atoms with Crippen molar-refractivity contribution >= 4 is 16.7 Å². The molecule has 1 aliphatic heterocycles. The second kappa shape index (κ2) is 8.00. The number of carbonyl (C=O) groups is 1. The van der Waals surface area contributed by atoms with Crippen LogP contribution in [0.2, 0.25) is 0 Å². The number of nitrogens with one attached hydrogen (secondary N) is 1. The molecule has 1 rings (SSSR count). The van der Waals surface area contributed by atoms with Gasteiger partial charge in [0.1, 0.15) is 0 Å². The van der Waals surface area contributed by atoms with E-state index in [0.717, 1.165) is 19.3 Å². The average molecular weight is 288 g/mol. The lowest BCUT2D eigenvalue weighted by molar-refractivity contribution is -0.130. The van der Waals surface area contributed by atoms with Crippen LogP contribution in [0.4, 0.5) is 0 Å². The quantitative estimate of drug-likeness (QED) is 0.740. The SMILES string of the molecule is CCCC1NC(CC(C)C)N(CCS(=O)CC)C1=O. The van der Waals surface area contributed by atoms with Crippen LogP contribution in [0, 0.1) is 5.92 Å². The second-order valence-corrected chi connectivity index (χ2v) is 7.48. The zero-order valence-electron chi connectivity index (χ0n) is 12.6. The van der Waals surface area contributed by atoms with Crippen LogP contribution in [-0.2, 0) is 15.6 Å². The molecule has 1 fully saturated rings. The molecule has 0 radical (unpaired) electrons. The molecule has 3 atom stereocenters. The molecule has 1 saturated heterocycles. The van der Waals surface area contributed by atoms with E-state index >= 15 is 0 Å². The smallest absolute Gasteiger partial charge is 0.241 e. The summed E-state index contributed by atoms with van der Waals surface area (Å²) in [6.07, 6.45) is 2.98. The molecule has 1 heterocycles. The molecule has 112 valence electrons. The second-order valence-electron chi connectivity index (χ2n) is 5.62. The molecule has 1 amide bonds. The highest BCUT2D eigenvalue weighted by Gasteiger charge is 2.37. The highest BCUT2D eigenvalue weighted by Crippen LogP contribution is 2.19. The molecule has 0 aromatic carbocycles. The Bertz CT molecular complexity index is 321. The van der Waals surface area contributed by atoms with Crippen molar-refractivity contribution in [1.82, 2.24) is 10.2 Å². The number of nitrogens with zero attached hydrogens (tertiary/aromatic N) is 1. The minimum absolute atomic E-state index is 0.0381. The molecule has 0 aliphatic carbocycles. The first-order valence-electron chi connectivity index (χ1n) is 7.41. The minimum atomic E-state index is -0.802. The third kappa shape index (κ3) is 4.88. The van der Waals surface area contributed by atoms with E-state index in [1.54, 1.807) is 0 Å². The highest BCUT2D eigenvalue weighted by atomic mass is 32.2. The Labute approximate surface area is 119 Å². The Balaban J connectivity index is 2.65. The van der Waals surface area contributed by atoms with Gasteiger partial charge in [-0.25, -0.2) is 0 Å². The van der Waals surface area contributed by atoms with Crippen LogP contribution < -0.4 is 5.32 Å². The van der Waals surface area contributed by atoms with Crippen molar-refractivity contribution in [2.24, 2.45) is 5.92 Å². The predicted octanol–water partition coefficient (Wildman–Crippen LogP) is 1.73. The monoisotopic (exact) mass is 288 g/mol. The Morgan fingerprint density at radius 3 is 2.58 bits per heavy atom. The van der Waals surface area contributed by atoms with Crippen LogP contribution >= 0.6 is 0 Å². The topological polar surface area (TPSA) is 49.4 Å². The van der Waals surface area contributed by atoms with Gasteiger partial charge in [-0.05, 0) is 18.8 Å². The Morgan fingerprint density at radius 1 is 1.37 bits per heavy atom. The molecule has 1 N–H and O–H groups in total. The van der Waals surface area contributed by atoms with E-state index in [9.17, 15) is 9.00 Å². The molecular formula is C14H28N2O2S. The summed E-state index contributed by atoms with van der Waals surface area (Å²) in [7, 11) is -0.802. The van der Waals surface area contributed by atoms with Crippen LogP contribution in [0.5, 0.6) is 0 Å². The molecular weight excluding hydrogens is 260 g/mol. The summed E-state index contributed by atoms with van der Waals surface area (Å²) in [6.45, 7) is 8.97. The molecule has 0 saturated carbocycles. The first-order valence-corrected chi connectivity index (χ1v) is 8.89. The fourth-order valence-corrected chi connectivity index (χ4v) is 3.18. The molecule has 0 spiro atoms. The maximum absolute atomic E-state index is 12.4. The van der Waals surface area contributed by atoms with Crippen molar-refractivity contribution in [2.75, 3.05) is 18.1 Å². The van der Waals surface area contributed by atoms with Crippen LogP contribution in [0.1, 0.15) is 47.0 Å². The van der Waals surface area contributed by atoms with Gasteiger partial charge in [-0.3, -0.25) is 14.3 Å². The predicted molar refractivity (Wildman–Crippen MR) is 80.3 cm³/mol. The largest absolute Gasteiger partial charge is 0.325 e. The number of hydrogen-bond donors (Lipinski definition) is 1. The lowest BCUT2D eigenvalue weighted by Gasteiger charge is -2.25. The van der Waals surface area contributed by atoms with Gasteiger partial charge in [-0.1, -0.05) is 34.1 Å². The minimum Gasteiger partial charge on any atom is -0.325 e. The van der Waals surface area contributed by atoms with Gasteiger partial charge in [0.2, 0.25) is 5.91 Å². The van der Waals surface area contributed by atoms with Gasteiger partial charge in [0.25, 0.3) is 0 Å². The summed E-state index contributed by atoms with van der Waals surface area (Å²) in [5, 5.41) is 3.44. The van der Waals surface area contributed by atoms with Crippen LogP contribution in [-0.4, -0.2) is 45.3 Å². The van der Waals surface area contributed by atoms with E-state index in [-0.39, 0.29) is 18.1 Å². The summed E-state index contributed by atoms with van der Waals surface area (Å²) >= 11 is 0. The molecule has 0 bridgehead atoms. The Morgan fingerprint density at radius 2 is 2.05 bits per heavy atom. The van der Waals surface area contributed by atoms with Gasteiger partial charge in [-0.2, -0.15) is 0 Å². The van der Waals surface area contributed by atoms with Gasteiger partial charge in [0.05, 0.1) is 12.2 Å². The number of hydrogen-bond acceptors (Lipinski definition) is 3. The molecule has 5 heteroatoms. The number of amides is 1. The molecule has 19 heavy (non-hydrogen) atoms. The van der Waals surface area contributed by atoms with Crippen molar-refractivity contribution in [3.8, 4) is 0 Å². The van der Waals surface area contributed by atoms with E-state index < -0.39 is 10.8 Å². The molecule has 0 aromatic heterocycles. The number of carbonyl (C=O) groups excluding carboxylic acids is 1. The maximum Gasteiger partial charge on any atom is 0.241 e. The zero-order valence-corrected chi connectivity index (χ0v) is 13.5. The van der Waals surface area contributed by atoms with E-state index in [1.807, 2.05) is 11.8 Å². The summed E-state index contributed by atoms with van der Waals surface area (Å²) in [5.74, 6) is 2.01. The first kappa shape index (κ1) is 16.6. The van der Waals surface area contributed by atoms with E-state index in [1.165, 1.54) is 0 Å². The summed E-state index contributed by atoms with van der Waals surface area (Å²) < 4.78 is 11.6. The van der Waals surface area contributed by atoms with Gasteiger partial charge in [-0.15, -0.1) is 0 Å². The van der Waals surface area contributed by atoms with Crippen molar-refractivity contribution in [3.63, 3.8) is 0 Å². The Hall–Kier alpha value is -0.420. The standard InChI is InChI=1S/C14H28N2O2S/c1-5-7-12-14(17)16(8-9-19(18)6-2)13(15-12)10-11(3)4/h11-13,15H,5-10H2,1-4H3. The fourth-order valence-electron chi connectivity index (χ4n) is 2.50. The van der Waals surface area contributed by atoms with Crippen molar-refractivity contribution in [2.45, 2.75) is 59.2 Å². The van der Waals surface area contributed by atoms with Crippen molar-refractivity contribution in [3.05, 3.63) is 0 Å². The average Bonchev–Trinajstić information content (AvgIpc) is 2.63. The van der Waals surface area contributed by atoms with Crippen LogP contribution in [0.15, 0.2) is 0 Å². The van der Waals surface area contributed by atoms with Crippen LogP contribution in [0.25, 0.3) is 0 Å². The lowest BCUT2D eigenvalue weighted by Crippen LogP contribution is -2.40. The fraction of sp³-hybridized carbons (Fsp3) is 0.929.